The maximum absolute atomic E-state index is 12.2. The predicted octanol–water partition coefficient (Wildman–Crippen LogP) is 0.420. The summed E-state index contributed by atoms with van der Waals surface area (Å²) in [7, 11) is 0. The highest BCUT2D eigenvalue weighted by molar-refractivity contribution is 5.95. The minimum Gasteiger partial charge on any atom is -0.454 e. The molecule has 0 aliphatic carbocycles. The molecule has 14 heteroatoms. The number of fused-ring (bicyclic) bond motifs is 1. The van der Waals surface area contributed by atoms with Gasteiger partial charge in [-0.25, -0.2) is 0 Å². The van der Waals surface area contributed by atoms with Crippen LogP contribution < -0.4 is 20.1 Å². The van der Waals surface area contributed by atoms with Gasteiger partial charge in [0.05, 0.1) is 16.9 Å². The van der Waals surface area contributed by atoms with Crippen molar-refractivity contribution in [2.45, 2.75) is 13.5 Å². The molecule has 0 saturated heterocycles. The van der Waals surface area contributed by atoms with Gasteiger partial charge in [0.2, 0.25) is 6.79 Å². The van der Waals surface area contributed by atoms with E-state index in [1.807, 2.05) is 0 Å². The molecule has 2 amide bonds. The molecule has 0 saturated carbocycles. The van der Waals surface area contributed by atoms with Gasteiger partial charge in [0.1, 0.15) is 6.54 Å². The van der Waals surface area contributed by atoms with Gasteiger partial charge in [0, 0.05) is 18.7 Å². The fourth-order valence-corrected chi connectivity index (χ4v) is 2.85. The summed E-state index contributed by atoms with van der Waals surface area (Å²) in [6, 6.07) is 6.14. The molecule has 1 aliphatic rings. The molecule has 32 heavy (non-hydrogen) atoms. The molecule has 2 N–H and O–H groups in total. The minimum atomic E-state index is -0.621. The van der Waals surface area contributed by atoms with Gasteiger partial charge < -0.3 is 34.7 Å². The van der Waals surface area contributed by atoms with Crippen LogP contribution in [-0.2, 0) is 6.54 Å². The van der Waals surface area contributed by atoms with Crippen molar-refractivity contribution in [3.05, 3.63) is 57.4 Å². The van der Waals surface area contributed by atoms with Gasteiger partial charge >= 0.3 is 17.6 Å². The van der Waals surface area contributed by atoms with E-state index in [1.165, 1.54) is 10.7 Å². The van der Waals surface area contributed by atoms with E-state index in [0.29, 0.717) is 22.8 Å². The van der Waals surface area contributed by atoms with E-state index in [2.05, 4.69) is 25.9 Å². The van der Waals surface area contributed by atoms with Crippen LogP contribution in [0.25, 0.3) is 0 Å². The zero-order valence-electron chi connectivity index (χ0n) is 16.7. The number of carbonyl (C=O) groups excluding carboxylic acids is 2. The molecule has 0 radical (unpaired) electrons. The van der Waals surface area contributed by atoms with Crippen molar-refractivity contribution >= 4 is 17.6 Å². The van der Waals surface area contributed by atoms with Crippen molar-refractivity contribution in [3.63, 3.8) is 0 Å². The van der Waals surface area contributed by atoms with Gasteiger partial charge in [-0.05, 0) is 30.0 Å². The van der Waals surface area contributed by atoms with E-state index in [4.69, 9.17) is 14.0 Å². The second-order valence-electron chi connectivity index (χ2n) is 6.65. The number of aryl methyl sites for hydroxylation is 1. The lowest BCUT2D eigenvalue weighted by Crippen LogP contribution is -2.34. The highest BCUT2D eigenvalue weighted by atomic mass is 16.7. The Morgan fingerprint density at radius 1 is 1.16 bits per heavy atom. The molecule has 0 fully saturated rings. The van der Waals surface area contributed by atoms with Crippen molar-refractivity contribution in [1.29, 1.82) is 0 Å². The molecule has 166 valence electrons. The maximum atomic E-state index is 12.2. The summed E-state index contributed by atoms with van der Waals surface area (Å²) in [5.41, 5.74) is 0.932. The number of nitrogens with one attached hydrogen (secondary N) is 2. The smallest absolute Gasteiger partial charge is 0.390 e. The Bertz CT molecular complexity index is 1190. The Balaban J connectivity index is 1.25. The Kier molecular flexibility index (Phi) is 5.65. The van der Waals surface area contributed by atoms with Gasteiger partial charge in [-0.3, -0.25) is 9.59 Å². The van der Waals surface area contributed by atoms with Crippen LogP contribution in [0.3, 0.4) is 0 Å². The fraction of sp³-hybridized carbons (Fsp3) is 0.278. The van der Waals surface area contributed by atoms with Crippen LogP contribution in [0.1, 0.15) is 32.6 Å². The number of rotatable bonds is 8. The van der Waals surface area contributed by atoms with E-state index in [-0.39, 0.29) is 49.9 Å². The zero-order valence-corrected chi connectivity index (χ0v) is 16.7. The topological polar surface area (TPSA) is 177 Å². The first-order chi connectivity index (χ1) is 15.4. The lowest BCUT2D eigenvalue weighted by molar-refractivity contribution is -0.389. The van der Waals surface area contributed by atoms with E-state index in [9.17, 15) is 19.7 Å². The van der Waals surface area contributed by atoms with E-state index < -0.39 is 10.8 Å². The van der Waals surface area contributed by atoms with Gasteiger partial charge in [0.15, 0.2) is 17.3 Å². The van der Waals surface area contributed by atoms with Crippen molar-refractivity contribution in [2.24, 2.45) is 0 Å². The van der Waals surface area contributed by atoms with E-state index in [0.717, 1.165) is 0 Å². The largest absolute Gasteiger partial charge is 0.454 e. The van der Waals surface area contributed by atoms with Crippen LogP contribution in [-0.4, -0.2) is 56.5 Å². The van der Waals surface area contributed by atoms with Crippen molar-refractivity contribution < 1.29 is 28.5 Å². The van der Waals surface area contributed by atoms with Crippen LogP contribution in [0.2, 0.25) is 0 Å². The SMILES string of the molecule is Cc1cc([N+](=O)[O-])nn1Cc1noc(C(=O)NCCNC(=O)c2ccc3c(c2)OCO3)n1. The summed E-state index contributed by atoms with van der Waals surface area (Å²) in [5.74, 6) is -0.321. The second-order valence-corrected chi connectivity index (χ2v) is 6.65. The van der Waals surface area contributed by atoms with Crippen molar-refractivity contribution in [1.82, 2.24) is 30.6 Å². The maximum Gasteiger partial charge on any atom is 0.390 e. The highest BCUT2D eigenvalue weighted by Gasteiger charge is 2.20. The quantitative estimate of drug-likeness (QED) is 0.282. The molecule has 0 spiro atoms. The average molecular weight is 443 g/mol. The van der Waals surface area contributed by atoms with Crippen LogP contribution in [0.4, 0.5) is 5.82 Å². The number of aromatic nitrogens is 4. The van der Waals surface area contributed by atoms with Crippen LogP contribution >= 0.6 is 0 Å². The van der Waals surface area contributed by atoms with E-state index >= 15 is 0 Å². The lowest BCUT2D eigenvalue weighted by Gasteiger charge is -2.06. The molecule has 0 unspecified atom stereocenters. The van der Waals surface area contributed by atoms with Gasteiger partial charge in [0.25, 0.3) is 5.91 Å². The molecule has 3 heterocycles. The second kappa shape index (κ2) is 8.71. The Hall–Kier alpha value is -4.49. The summed E-state index contributed by atoms with van der Waals surface area (Å²) in [4.78, 5) is 38.5. The monoisotopic (exact) mass is 443 g/mol. The number of hydrogen-bond donors (Lipinski definition) is 2. The highest BCUT2D eigenvalue weighted by Crippen LogP contribution is 2.32. The summed E-state index contributed by atoms with van der Waals surface area (Å²) in [6.45, 7) is 2.05. The van der Waals surface area contributed by atoms with E-state index in [1.54, 1.807) is 25.1 Å². The zero-order chi connectivity index (χ0) is 22.7. The molecular formula is C18H17N7O7. The number of ether oxygens (including phenoxy) is 2. The number of benzene rings is 1. The fourth-order valence-electron chi connectivity index (χ4n) is 2.85. The molecule has 1 aromatic carbocycles. The predicted molar refractivity (Wildman–Crippen MR) is 104 cm³/mol. The normalized spacial score (nSPS) is 11.9. The minimum absolute atomic E-state index is 0.00203. The molecule has 0 bridgehead atoms. The molecule has 0 atom stereocenters. The van der Waals surface area contributed by atoms with Gasteiger partial charge in [-0.2, -0.15) is 9.67 Å². The molecule has 14 nitrogen and oxygen atoms in total. The Morgan fingerprint density at radius 3 is 2.66 bits per heavy atom. The third-order valence-corrected chi connectivity index (χ3v) is 4.44. The lowest BCUT2D eigenvalue weighted by atomic mass is 10.2. The first-order valence-corrected chi connectivity index (χ1v) is 9.38. The van der Waals surface area contributed by atoms with Crippen LogP contribution in [0.15, 0.2) is 28.8 Å². The van der Waals surface area contributed by atoms with Gasteiger partial charge in [-0.1, -0.05) is 5.16 Å². The number of carbonyl (C=O) groups is 2. The molecule has 2 aromatic heterocycles. The van der Waals surface area contributed by atoms with Crippen LogP contribution in [0, 0.1) is 17.0 Å². The summed E-state index contributed by atoms with van der Waals surface area (Å²) < 4.78 is 16.7. The molecule has 4 rings (SSSR count). The number of nitrogens with zero attached hydrogens (tertiary/aromatic N) is 5. The molecule has 3 aromatic rings. The van der Waals surface area contributed by atoms with Crippen molar-refractivity contribution in [3.8, 4) is 11.5 Å². The first kappa shape index (κ1) is 20.8. The third kappa shape index (κ3) is 4.48. The number of hydrogen-bond acceptors (Lipinski definition) is 10. The van der Waals surface area contributed by atoms with Gasteiger partial charge in [-0.15, -0.1) is 0 Å². The van der Waals surface area contributed by atoms with Crippen molar-refractivity contribution in [2.75, 3.05) is 19.9 Å². The van der Waals surface area contributed by atoms with Crippen LogP contribution in [0.5, 0.6) is 11.5 Å². The number of amides is 2. The summed E-state index contributed by atoms with van der Waals surface area (Å²) in [6.07, 6.45) is 0. The molecular weight excluding hydrogens is 426 g/mol. The summed E-state index contributed by atoms with van der Waals surface area (Å²) in [5, 5.41) is 23.5. The number of nitro groups is 1. The first-order valence-electron chi connectivity index (χ1n) is 9.38. The average Bonchev–Trinajstić information content (AvgIpc) is 3.51. The Labute approximate surface area is 179 Å². The standard InChI is InChI=1S/C18H17N7O7/c1-10-6-15(25(28)29)22-24(10)8-14-21-18(32-23-14)17(27)20-5-4-19-16(26)11-2-3-12-13(7-11)31-9-30-12/h2-3,6-7H,4-5,8-9H2,1H3,(H,19,26)(H,20,27). The molecule has 1 aliphatic heterocycles. The summed E-state index contributed by atoms with van der Waals surface area (Å²) >= 11 is 0. The third-order valence-electron chi connectivity index (χ3n) is 4.44. The Morgan fingerprint density at radius 2 is 1.91 bits per heavy atom.